The molecule has 0 atom stereocenters. The lowest BCUT2D eigenvalue weighted by atomic mass is 10.3. The topological polar surface area (TPSA) is 74.6 Å². The van der Waals surface area contributed by atoms with E-state index >= 15 is 0 Å². The average Bonchev–Trinajstić information content (AvgIpc) is 1.61. The zero-order valence-corrected chi connectivity index (χ0v) is 6.85. The zero-order valence-electron chi connectivity index (χ0n) is 6.03. The summed E-state index contributed by atoms with van der Waals surface area (Å²) in [6.45, 7) is 7.80. The third kappa shape index (κ3) is 128. The van der Waals surface area contributed by atoms with Gasteiger partial charge in [0.05, 0.1) is 0 Å². The average molecular weight is 168 g/mol. The Bertz CT molecular complexity index is 172. The fraction of sp³-hybridized carbons (Fsp3) is 0.600. The molecule has 0 aromatic heterocycles. The summed E-state index contributed by atoms with van der Waals surface area (Å²) < 4.78 is 31.6. The second-order valence-corrected chi connectivity index (χ2v) is 2.65. The quantitative estimate of drug-likeness (QED) is 0.457. The fourth-order valence-electron chi connectivity index (χ4n) is 0. The van der Waals surface area contributed by atoms with Gasteiger partial charge in [-0.25, -0.2) is 0 Å². The molecule has 5 heteroatoms. The number of hydrogen-bond donors (Lipinski definition) is 2. The summed E-state index contributed by atoms with van der Waals surface area (Å²) in [6.07, 6.45) is 1.11. The molecule has 0 unspecified atom stereocenters. The predicted molar refractivity (Wildman–Crippen MR) is 39.3 cm³/mol. The molecular weight excluding hydrogens is 156 g/mol. The van der Waals surface area contributed by atoms with Crippen LogP contribution in [0, 0.1) is 0 Å². The molecule has 0 saturated carbocycles. The van der Waals surface area contributed by atoms with Crippen molar-refractivity contribution in [2.24, 2.45) is 0 Å². The summed E-state index contributed by atoms with van der Waals surface area (Å²) in [5.41, 5.74) is 1.25. The minimum absolute atomic E-state index is 1.11. The van der Waals surface area contributed by atoms with Gasteiger partial charge in [-0.15, -0.1) is 6.58 Å². The van der Waals surface area contributed by atoms with Crippen LogP contribution in [-0.4, -0.2) is 17.5 Å². The predicted octanol–water partition coefficient (Wildman–Crippen LogP) is 1.32. The molecule has 0 saturated heterocycles. The van der Waals surface area contributed by atoms with Crippen molar-refractivity contribution in [2.45, 2.75) is 20.3 Å². The minimum atomic E-state index is -4.67. The van der Waals surface area contributed by atoms with E-state index in [0.29, 0.717) is 0 Å². The summed E-state index contributed by atoms with van der Waals surface area (Å²) in [6, 6.07) is 0. The molecule has 0 aliphatic heterocycles. The molecule has 0 aliphatic rings. The minimum Gasteiger partial charge on any atom is -0.264 e. The molecule has 0 amide bonds. The third-order valence-electron chi connectivity index (χ3n) is 0.604. The van der Waals surface area contributed by atoms with Crippen molar-refractivity contribution < 1.29 is 17.5 Å². The van der Waals surface area contributed by atoms with Crippen LogP contribution in [-0.2, 0) is 10.4 Å². The van der Waals surface area contributed by atoms with Crippen molar-refractivity contribution in [1.29, 1.82) is 0 Å². The van der Waals surface area contributed by atoms with Gasteiger partial charge in [0.1, 0.15) is 0 Å². The second-order valence-electron chi connectivity index (χ2n) is 1.76. The molecular formula is C5H12O4S. The summed E-state index contributed by atoms with van der Waals surface area (Å²) >= 11 is 0. The van der Waals surface area contributed by atoms with Crippen molar-refractivity contribution in [3.05, 3.63) is 12.2 Å². The van der Waals surface area contributed by atoms with Crippen LogP contribution < -0.4 is 0 Å². The van der Waals surface area contributed by atoms with Gasteiger partial charge in [0.2, 0.25) is 0 Å². The van der Waals surface area contributed by atoms with Gasteiger partial charge in [-0.2, -0.15) is 8.42 Å². The maximum atomic E-state index is 8.74. The van der Waals surface area contributed by atoms with E-state index in [1.54, 1.807) is 0 Å². The maximum absolute atomic E-state index is 8.74. The van der Waals surface area contributed by atoms with E-state index in [1.807, 2.05) is 6.92 Å². The highest BCUT2D eigenvalue weighted by molar-refractivity contribution is 7.79. The smallest absolute Gasteiger partial charge is 0.264 e. The number of rotatable bonds is 1. The van der Waals surface area contributed by atoms with Crippen LogP contribution in [0.3, 0.4) is 0 Å². The van der Waals surface area contributed by atoms with Gasteiger partial charge >= 0.3 is 10.4 Å². The van der Waals surface area contributed by atoms with E-state index in [-0.39, 0.29) is 0 Å². The number of allylic oxidation sites excluding steroid dienone is 1. The molecule has 0 fully saturated rings. The van der Waals surface area contributed by atoms with Crippen LogP contribution in [0.25, 0.3) is 0 Å². The summed E-state index contributed by atoms with van der Waals surface area (Å²) in [5, 5.41) is 0. The summed E-state index contributed by atoms with van der Waals surface area (Å²) in [5.74, 6) is 0. The SMILES string of the molecule is C=C(C)CC.O=S(=O)(O)O. The normalized spacial score (nSPS) is 9.60. The first-order chi connectivity index (χ1) is 4.27. The van der Waals surface area contributed by atoms with Crippen LogP contribution in [0.1, 0.15) is 20.3 Å². The lowest BCUT2D eigenvalue weighted by Gasteiger charge is -1.79. The Kier molecular flexibility index (Phi) is 6.64. The van der Waals surface area contributed by atoms with Crippen LogP contribution in [0.2, 0.25) is 0 Å². The Labute approximate surface area is 61.1 Å². The monoisotopic (exact) mass is 168 g/mol. The highest BCUT2D eigenvalue weighted by Gasteiger charge is 1.84. The fourth-order valence-corrected chi connectivity index (χ4v) is 0. The van der Waals surface area contributed by atoms with Crippen molar-refractivity contribution in [2.75, 3.05) is 0 Å². The second kappa shape index (κ2) is 5.40. The molecule has 0 aromatic rings. The molecule has 0 aliphatic carbocycles. The van der Waals surface area contributed by atoms with Gasteiger partial charge in [0, 0.05) is 0 Å². The molecule has 2 N–H and O–H groups in total. The van der Waals surface area contributed by atoms with Gasteiger partial charge in [0.25, 0.3) is 0 Å². The van der Waals surface area contributed by atoms with E-state index in [4.69, 9.17) is 17.5 Å². The Balaban J connectivity index is 0. The van der Waals surface area contributed by atoms with Crippen molar-refractivity contribution >= 4 is 10.4 Å². The summed E-state index contributed by atoms with van der Waals surface area (Å²) in [4.78, 5) is 0. The number of hydrogen-bond acceptors (Lipinski definition) is 2. The van der Waals surface area contributed by atoms with Crippen molar-refractivity contribution in [3.63, 3.8) is 0 Å². The molecule has 0 spiro atoms. The van der Waals surface area contributed by atoms with E-state index < -0.39 is 10.4 Å². The van der Waals surface area contributed by atoms with Crippen molar-refractivity contribution in [1.82, 2.24) is 0 Å². The Hall–Kier alpha value is -0.390. The lowest BCUT2D eigenvalue weighted by Crippen LogP contribution is -1.89. The molecule has 0 aromatic carbocycles. The first-order valence-corrected chi connectivity index (χ1v) is 4.01. The van der Waals surface area contributed by atoms with Gasteiger partial charge in [-0.1, -0.05) is 12.5 Å². The zero-order chi connectivity index (χ0) is 8.78. The highest BCUT2D eigenvalue weighted by Crippen LogP contribution is 1.88. The van der Waals surface area contributed by atoms with Gasteiger partial charge in [0.15, 0.2) is 0 Å². The molecule has 4 nitrogen and oxygen atoms in total. The van der Waals surface area contributed by atoms with E-state index in [1.165, 1.54) is 5.57 Å². The largest absolute Gasteiger partial charge is 0.394 e. The maximum Gasteiger partial charge on any atom is 0.394 e. The molecule has 0 radical (unpaired) electrons. The Morgan fingerprint density at radius 2 is 1.60 bits per heavy atom. The highest BCUT2D eigenvalue weighted by atomic mass is 32.3. The van der Waals surface area contributed by atoms with Gasteiger partial charge in [-0.3, -0.25) is 9.11 Å². The van der Waals surface area contributed by atoms with E-state index in [9.17, 15) is 0 Å². The Morgan fingerprint density at radius 1 is 1.50 bits per heavy atom. The molecule has 0 heterocycles. The first kappa shape index (κ1) is 12.3. The Morgan fingerprint density at radius 3 is 1.60 bits per heavy atom. The molecule has 10 heavy (non-hydrogen) atoms. The lowest BCUT2D eigenvalue weighted by molar-refractivity contribution is 0.381. The van der Waals surface area contributed by atoms with Crippen LogP contribution >= 0.6 is 0 Å². The van der Waals surface area contributed by atoms with Gasteiger partial charge in [-0.05, 0) is 13.3 Å². The first-order valence-electron chi connectivity index (χ1n) is 2.61. The summed E-state index contributed by atoms with van der Waals surface area (Å²) in [7, 11) is -4.67. The van der Waals surface area contributed by atoms with Crippen LogP contribution in [0.15, 0.2) is 12.2 Å². The van der Waals surface area contributed by atoms with Crippen LogP contribution in [0.5, 0.6) is 0 Å². The standard InChI is InChI=1S/C5H10.H2O4S/c1-4-5(2)3;1-5(2,3)4/h2,4H2,1,3H3;(H2,1,2,3,4). The molecule has 0 rings (SSSR count). The van der Waals surface area contributed by atoms with Gasteiger partial charge < -0.3 is 0 Å². The van der Waals surface area contributed by atoms with Crippen molar-refractivity contribution in [3.8, 4) is 0 Å². The van der Waals surface area contributed by atoms with E-state index in [0.717, 1.165) is 6.42 Å². The van der Waals surface area contributed by atoms with Crippen LogP contribution in [0.4, 0.5) is 0 Å². The van der Waals surface area contributed by atoms with E-state index in [2.05, 4.69) is 13.5 Å². The third-order valence-corrected chi connectivity index (χ3v) is 0.604. The molecule has 62 valence electrons. The molecule has 0 bridgehead atoms.